The van der Waals surface area contributed by atoms with Gasteiger partial charge in [-0.3, -0.25) is 9.59 Å². The number of piperazine rings is 1. The van der Waals surface area contributed by atoms with Gasteiger partial charge in [-0.2, -0.15) is 0 Å². The van der Waals surface area contributed by atoms with Gasteiger partial charge in [0.1, 0.15) is 17.5 Å². The molecule has 2 heterocycles. The number of rotatable bonds is 3. The number of halogens is 3. The molecule has 2 amide bonds. The lowest BCUT2D eigenvalue weighted by molar-refractivity contribution is -0.144. The summed E-state index contributed by atoms with van der Waals surface area (Å²) in [5, 5.41) is 3.13. The molecular formula is C23H20F3N3O2. The number of benzene rings is 2. The van der Waals surface area contributed by atoms with E-state index in [1.54, 1.807) is 17.0 Å². The van der Waals surface area contributed by atoms with E-state index in [1.165, 1.54) is 18.2 Å². The average molecular weight is 427 g/mol. The van der Waals surface area contributed by atoms with Crippen molar-refractivity contribution in [1.82, 2.24) is 15.2 Å². The molecule has 31 heavy (non-hydrogen) atoms. The Kier molecular flexibility index (Phi) is 4.72. The van der Waals surface area contributed by atoms with Gasteiger partial charge < -0.3 is 15.2 Å². The third kappa shape index (κ3) is 3.45. The Morgan fingerprint density at radius 1 is 1.03 bits per heavy atom. The van der Waals surface area contributed by atoms with E-state index < -0.39 is 17.5 Å². The van der Waals surface area contributed by atoms with Crippen molar-refractivity contribution in [1.29, 1.82) is 0 Å². The van der Waals surface area contributed by atoms with Gasteiger partial charge in [0, 0.05) is 30.5 Å². The summed E-state index contributed by atoms with van der Waals surface area (Å²) in [6.07, 6.45) is 1.05. The first-order valence-electron chi connectivity index (χ1n) is 10.2. The van der Waals surface area contributed by atoms with E-state index >= 15 is 0 Å². The van der Waals surface area contributed by atoms with Crippen molar-refractivity contribution >= 4 is 22.7 Å². The summed E-state index contributed by atoms with van der Waals surface area (Å²) in [4.78, 5) is 29.0. The zero-order valence-electron chi connectivity index (χ0n) is 16.6. The minimum atomic E-state index is -0.698. The number of nitrogens with one attached hydrogen (secondary N) is 2. The summed E-state index contributed by atoms with van der Waals surface area (Å²) in [7, 11) is 0. The SMILES string of the molecule is O=C1CN(C(=O)C2CC(c3c(-c4ccc(F)cc4)[nH]c4c(F)cc(F)cc34)C2)CCN1. The summed E-state index contributed by atoms with van der Waals surface area (Å²) in [6.45, 7) is 0.983. The summed E-state index contributed by atoms with van der Waals surface area (Å²) >= 11 is 0. The van der Waals surface area contributed by atoms with Crippen LogP contribution in [0.2, 0.25) is 0 Å². The first-order valence-corrected chi connectivity index (χ1v) is 10.2. The zero-order valence-corrected chi connectivity index (χ0v) is 16.6. The number of carbonyl (C=O) groups excluding carboxylic acids is 2. The Balaban J connectivity index is 1.48. The van der Waals surface area contributed by atoms with Crippen LogP contribution < -0.4 is 5.32 Å². The van der Waals surface area contributed by atoms with Crippen LogP contribution in [0.25, 0.3) is 22.2 Å². The van der Waals surface area contributed by atoms with E-state index in [0.29, 0.717) is 42.6 Å². The largest absolute Gasteiger partial charge is 0.353 e. The molecular weight excluding hydrogens is 407 g/mol. The van der Waals surface area contributed by atoms with Crippen LogP contribution >= 0.6 is 0 Å². The molecule has 1 saturated heterocycles. The molecule has 3 aromatic rings. The molecule has 0 bridgehead atoms. The number of fused-ring (bicyclic) bond motifs is 1. The van der Waals surface area contributed by atoms with Gasteiger partial charge in [-0.1, -0.05) is 0 Å². The molecule has 2 aromatic carbocycles. The van der Waals surface area contributed by atoms with Crippen LogP contribution in [0.15, 0.2) is 36.4 Å². The molecule has 1 aromatic heterocycles. The fourth-order valence-electron chi connectivity index (χ4n) is 4.65. The highest BCUT2D eigenvalue weighted by Crippen LogP contribution is 2.48. The molecule has 2 aliphatic rings. The standard InChI is InChI=1S/C23H20F3N3O2/c24-15-3-1-12(2-4-15)21-20(17-9-16(25)10-18(26)22(17)28-21)13-7-14(8-13)23(31)29-6-5-27-19(30)11-29/h1-4,9-10,13-14,28H,5-8,11H2,(H,27,30). The molecule has 8 heteroatoms. The second-order valence-corrected chi connectivity index (χ2v) is 8.21. The highest BCUT2D eigenvalue weighted by atomic mass is 19.1. The molecule has 1 saturated carbocycles. The number of aromatic nitrogens is 1. The smallest absolute Gasteiger partial charge is 0.239 e. The third-order valence-corrected chi connectivity index (χ3v) is 6.24. The summed E-state index contributed by atoms with van der Waals surface area (Å²) in [5.41, 5.74) is 2.20. The monoisotopic (exact) mass is 427 g/mol. The Bertz CT molecular complexity index is 1180. The van der Waals surface area contributed by atoms with E-state index in [1.807, 2.05) is 0 Å². The molecule has 0 unspecified atom stereocenters. The van der Waals surface area contributed by atoms with Crippen molar-refractivity contribution in [2.75, 3.05) is 19.6 Å². The molecule has 160 valence electrons. The van der Waals surface area contributed by atoms with Crippen LogP contribution in [0.1, 0.15) is 24.3 Å². The number of hydrogen-bond donors (Lipinski definition) is 2. The quantitative estimate of drug-likeness (QED) is 0.670. The third-order valence-electron chi connectivity index (χ3n) is 6.24. The molecule has 0 radical (unpaired) electrons. The van der Waals surface area contributed by atoms with Gasteiger partial charge in [0.15, 0.2) is 0 Å². The summed E-state index contributed by atoms with van der Waals surface area (Å²) in [5.74, 6) is -2.32. The maximum absolute atomic E-state index is 14.5. The van der Waals surface area contributed by atoms with Gasteiger partial charge in [0.05, 0.1) is 17.8 Å². The predicted octanol–water partition coefficient (Wildman–Crippen LogP) is 3.70. The Morgan fingerprint density at radius 3 is 2.48 bits per heavy atom. The van der Waals surface area contributed by atoms with Gasteiger partial charge in [-0.15, -0.1) is 0 Å². The topological polar surface area (TPSA) is 65.2 Å². The van der Waals surface area contributed by atoms with Crippen molar-refractivity contribution in [3.05, 3.63) is 59.4 Å². The van der Waals surface area contributed by atoms with Crippen LogP contribution in [0.4, 0.5) is 13.2 Å². The number of nitrogens with zero attached hydrogens (tertiary/aromatic N) is 1. The first-order chi connectivity index (χ1) is 14.9. The molecule has 0 spiro atoms. The van der Waals surface area contributed by atoms with E-state index in [2.05, 4.69) is 10.3 Å². The second-order valence-electron chi connectivity index (χ2n) is 8.21. The lowest BCUT2D eigenvalue weighted by Gasteiger charge is -2.39. The Hall–Kier alpha value is -3.29. The number of H-pyrrole nitrogens is 1. The first kappa shape index (κ1) is 19.7. The highest BCUT2D eigenvalue weighted by Gasteiger charge is 2.40. The maximum Gasteiger partial charge on any atom is 0.239 e. The average Bonchev–Trinajstić information content (AvgIpc) is 3.07. The molecule has 1 aliphatic heterocycles. The van der Waals surface area contributed by atoms with Crippen molar-refractivity contribution < 1.29 is 22.8 Å². The number of amides is 2. The van der Waals surface area contributed by atoms with Crippen LogP contribution in [-0.4, -0.2) is 41.3 Å². The van der Waals surface area contributed by atoms with E-state index in [9.17, 15) is 22.8 Å². The molecule has 2 N–H and O–H groups in total. The summed E-state index contributed by atoms with van der Waals surface area (Å²) in [6, 6.07) is 7.93. The van der Waals surface area contributed by atoms with E-state index in [-0.39, 0.29) is 35.7 Å². The summed E-state index contributed by atoms with van der Waals surface area (Å²) < 4.78 is 41.9. The van der Waals surface area contributed by atoms with Crippen LogP contribution in [-0.2, 0) is 9.59 Å². The van der Waals surface area contributed by atoms with Gasteiger partial charge in [-0.25, -0.2) is 13.2 Å². The lowest BCUT2D eigenvalue weighted by atomic mass is 9.69. The molecule has 1 aliphatic carbocycles. The van der Waals surface area contributed by atoms with Gasteiger partial charge in [0.25, 0.3) is 0 Å². The normalized spacial score (nSPS) is 21.1. The fourth-order valence-corrected chi connectivity index (χ4v) is 4.65. The Labute approximate surface area is 176 Å². The van der Waals surface area contributed by atoms with Crippen LogP contribution in [0.5, 0.6) is 0 Å². The van der Waals surface area contributed by atoms with Crippen molar-refractivity contribution in [3.8, 4) is 11.3 Å². The van der Waals surface area contributed by atoms with Crippen molar-refractivity contribution in [2.45, 2.75) is 18.8 Å². The minimum Gasteiger partial charge on any atom is -0.353 e. The number of carbonyl (C=O) groups is 2. The maximum atomic E-state index is 14.5. The highest BCUT2D eigenvalue weighted by molar-refractivity contribution is 5.93. The number of aromatic amines is 1. The van der Waals surface area contributed by atoms with Gasteiger partial charge in [0.2, 0.25) is 11.8 Å². The van der Waals surface area contributed by atoms with E-state index in [4.69, 9.17) is 0 Å². The zero-order chi connectivity index (χ0) is 21.7. The van der Waals surface area contributed by atoms with Gasteiger partial charge in [-0.05, 0) is 60.2 Å². The lowest BCUT2D eigenvalue weighted by Crippen LogP contribution is -2.52. The molecule has 5 nitrogen and oxygen atoms in total. The molecule has 0 atom stereocenters. The second kappa shape index (κ2) is 7.44. The Morgan fingerprint density at radius 2 is 1.77 bits per heavy atom. The van der Waals surface area contributed by atoms with Crippen LogP contribution in [0.3, 0.4) is 0 Å². The molecule has 5 rings (SSSR count). The van der Waals surface area contributed by atoms with Crippen molar-refractivity contribution in [2.24, 2.45) is 5.92 Å². The predicted molar refractivity (Wildman–Crippen MR) is 109 cm³/mol. The fraction of sp³-hybridized carbons (Fsp3) is 0.304. The molecule has 2 fully saturated rings. The van der Waals surface area contributed by atoms with Crippen LogP contribution in [0, 0.1) is 23.4 Å². The van der Waals surface area contributed by atoms with Crippen molar-refractivity contribution in [3.63, 3.8) is 0 Å². The van der Waals surface area contributed by atoms with E-state index in [0.717, 1.165) is 11.6 Å². The minimum absolute atomic E-state index is 0.0599. The van der Waals surface area contributed by atoms with Gasteiger partial charge >= 0.3 is 0 Å². The number of hydrogen-bond acceptors (Lipinski definition) is 2.